The summed E-state index contributed by atoms with van der Waals surface area (Å²) < 4.78 is 0. The Bertz CT molecular complexity index is 621. The molecule has 0 radical (unpaired) electrons. The first-order valence-corrected chi connectivity index (χ1v) is 8.41. The van der Waals surface area contributed by atoms with E-state index >= 15 is 0 Å². The standard InChI is InChI=1S/C19H25NO3/c1-4-9-20-16(22)11-14-10-15(21)18(19(14)23)17-12(3)7-6-8-13(17)5-2/h6-8,14,18H,4-5,9-11H2,1-3H3,(H,20,22). The Hall–Kier alpha value is -1.97. The highest BCUT2D eigenvalue weighted by molar-refractivity contribution is 6.15. The van der Waals surface area contributed by atoms with Crippen LogP contribution in [0.4, 0.5) is 0 Å². The van der Waals surface area contributed by atoms with Gasteiger partial charge in [0.15, 0.2) is 5.78 Å². The van der Waals surface area contributed by atoms with E-state index in [-0.39, 0.29) is 30.3 Å². The molecule has 0 bridgehead atoms. The van der Waals surface area contributed by atoms with Crippen LogP contribution < -0.4 is 5.32 Å². The monoisotopic (exact) mass is 315 g/mol. The average Bonchev–Trinajstić information content (AvgIpc) is 2.79. The number of hydrogen-bond donors (Lipinski definition) is 1. The van der Waals surface area contributed by atoms with Crippen LogP contribution in [0.25, 0.3) is 0 Å². The summed E-state index contributed by atoms with van der Waals surface area (Å²) in [7, 11) is 0. The van der Waals surface area contributed by atoms with Crippen LogP contribution in [0.1, 0.15) is 55.7 Å². The fraction of sp³-hybridized carbons (Fsp3) is 0.526. The Labute approximate surface area is 137 Å². The van der Waals surface area contributed by atoms with Gasteiger partial charge >= 0.3 is 0 Å². The van der Waals surface area contributed by atoms with Gasteiger partial charge in [0.25, 0.3) is 0 Å². The van der Waals surface area contributed by atoms with E-state index in [1.54, 1.807) is 0 Å². The molecule has 1 N–H and O–H groups in total. The van der Waals surface area contributed by atoms with Gasteiger partial charge in [0.05, 0.1) is 0 Å². The molecular formula is C19H25NO3. The largest absolute Gasteiger partial charge is 0.356 e. The third-order valence-corrected chi connectivity index (χ3v) is 4.54. The first kappa shape index (κ1) is 17.4. The van der Waals surface area contributed by atoms with Crippen molar-refractivity contribution in [2.24, 2.45) is 5.92 Å². The second-order valence-electron chi connectivity index (χ2n) is 6.26. The SMILES string of the molecule is CCCNC(=O)CC1CC(=O)C(c2c(C)cccc2CC)C1=O. The number of benzene rings is 1. The average molecular weight is 315 g/mol. The summed E-state index contributed by atoms with van der Waals surface area (Å²) in [6.07, 6.45) is 1.94. The fourth-order valence-corrected chi connectivity index (χ4v) is 3.35. The Kier molecular flexibility index (Phi) is 5.69. The van der Waals surface area contributed by atoms with Crippen LogP contribution in [0.5, 0.6) is 0 Å². The van der Waals surface area contributed by atoms with Crippen molar-refractivity contribution < 1.29 is 14.4 Å². The zero-order valence-corrected chi connectivity index (χ0v) is 14.1. The van der Waals surface area contributed by atoms with E-state index in [4.69, 9.17) is 0 Å². The first-order chi connectivity index (χ1) is 11.0. The third kappa shape index (κ3) is 3.69. The van der Waals surface area contributed by atoms with Crippen molar-refractivity contribution in [1.82, 2.24) is 5.32 Å². The molecule has 1 aromatic carbocycles. The van der Waals surface area contributed by atoms with E-state index in [9.17, 15) is 14.4 Å². The Morgan fingerprint density at radius 3 is 2.65 bits per heavy atom. The van der Waals surface area contributed by atoms with E-state index in [2.05, 4.69) is 5.32 Å². The Morgan fingerprint density at radius 2 is 2.00 bits per heavy atom. The second-order valence-corrected chi connectivity index (χ2v) is 6.26. The molecule has 4 heteroatoms. The summed E-state index contributed by atoms with van der Waals surface area (Å²) in [6.45, 7) is 6.55. The van der Waals surface area contributed by atoms with Crippen molar-refractivity contribution in [2.75, 3.05) is 6.54 Å². The molecule has 2 rings (SSSR count). The van der Waals surface area contributed by atoms with Gasteiger partial charge in [-0.15, -0.1) is 0 Å². The second kappa shape index (κ2) is 7.53. The molecule has 1 amide bonds. The lowest BCUT2D eigenvalue weighted by Crippen LogP contribution is -2.28. The van der Waals surface area contributed by atoms with Crippen LogP contribution in [0.15, 0.2) is 18.2 Å². The lowest BCUT2D eigenvalue weighted by molar-refractivity contribution is -0.128. The van der Waals surface area contributed by atoms with Crippen LogP contribution in [-0.4, -0.2) is 24.0 Å². The molecular weight excluding hydrogens is 290 g/mol. The Balaban J connectivity index is 2.21. The van der Waals surface area contributed by atoms with Gasteiger partial charge < -0.3 is 5.32 Å². The van der Waals surface area contributed by atoms with Crippen LogP contribution in [0.3, 0.4) is 0 Å². The predicted octanol–water partition coefficient (Wildman–Crippen LogP) is 2.72. The van der Waals surface area contributed by atoms with Gasteiger partial charge in [0.1, 0.15) is 11.7 Å². The van der Waals surface area contributed by atoms with E-state index in [0.717, 1.165) is 29.5 Å². The van der Waals surface area contributed by atoms with Gasteiger partial charge in [-0.3, -0.25) is 14.4 Å². The third-order valence-electron chi connectivity index (χ3n) is 4.54. The maximum absolute atomic E-state index is 12.7. The number of carbonyl (C=O) groups is 3. The molecule has 1 aromatic rings. The van der Waals surface area contributed by atoms with Gasteiger partial charge in [0, 0.05) is 25.3 Å². The summed E-state index contributed by atoms with van der Waals surface area (Å²) in [5.41, 5.74) is 2.89. The summed E-state index contributed by atoms with van der Waals surface area (Å²) in [5, 5.41) is 2.78. The van der Waals surface area contributed by atoms with Crippen molar-refractivity contribution in [1.29, 1.82) is 0 Å². The maximum Gasteiger partial charge on any atom is 0.220 e. The van der Waals surface area contributed by atoms with Crippen molar-refractivity contribution in [2.45, 2.75) is 52.4 Å². The molecule has 0 heterocycles. The number of nitrogens with one attached hydrogen (secondary N) is 1. The molecule has 1 fully saturated rings. The fourth-order valence-electron chi connectivity index (χ4n) is 3.35. The molecule has 124 valence electrons. The number of rotatable bonds is 6. The normalized spacial score (nSPS) is 20.8. The molecule has 1 saturated carbocycles. The smallest absolute Gasteiger partial charge is 0.220 e. The summed E-state index contributed by atoms with van der Waals surface area (Å²) >= 11 is 0. The van der Waals surface area contributed by atoms with Gasteiger partial charge in [-0.1, -0.05) is 32.0 Å². The minimum Gasteiger partial charge on any atom is -0.356 e. The Morgan fingerprint density at radius 1 is 1.26 bits per heavy atom. The van der Waals surface area contributed by atoms with E-state index in [0.29, 0.717) is 6.54 Å². The van der Waals surface area contributed by atoms with Crippen molar-refractivity contribution in [3.8, 4) is 0 Å². The lowest BCUT2D eigenvalue weighted by atomic mass is 9.86. The minimum atomic E-state index is -0.685. The van der Waals surface area contributed by atoms with E-state index in [1.807, 2.05) is 39.0 Å². The van der Waals surface area contributed by atoms with Crippen molar-refractivity contribution in [3.63, 3.8) is 0 Å². The number of Topliss-reactive ketones (excluding diaryl/α,β-unsaturated/α-hetero) is 2. The molecule has 1 aliphatic rings. The number of hydrogen-bond acceptors (Lipinski definition) is 3. The molecule has 2 atom stereocenters. The van der Waals surface area contributed by atoms with Crippen molar-refractivity contribution >= 4 is 17.5 Å². The van der Waals surface area contributed by atoms with Gasteiger partial charge in [-0.2, -0.15) is 0 Å². The summed E-state index contributed by atoms with van der Waals surface area (Å²) in [5.74, 6) is -1.44. The number of aryl methyl sites for hydroxylation is 2. The highest BCUT2D eigenvalue weighted by Crippen LogP contribution is 2.37. The zero-order chi connectivity index (χ0) is 17.0. The van der Waals surface area contributed by atoms with E-state index in [1.165, 1.54) is 0 Å². The number of amides is 1. The topological polar surface area (TPSA) is 63.2 Å². The molecule has 0 saturated heterocycles. The molecule has 0 aromatic heterocycles. The minimum absolute atomic E-state index is 0.0488. The van der Waals surface area contributed by atoms with Gasteiger partial charge in [0.2, 0.25) is 5.91 Å². The maximum atomic E-state index is 12.7. The number of ketones is 2. The lowest BCUT2D eigenvalue weighted by Gasteiger charge is -2.16. The highest BCUT2D eigenvalue weighted by Gasteiger charge is 2.43. The van der Waals surface area contributed by atoms with E-state index < -0.39 is 11.8 Å². The van der Waals surface area contributed by atoms with Crippen molar-refractivity contribution in [3.05, 3.63) is 34.9 Å². The summed E-state index contributed by atoms with van der Waals surface area (Å²) in [6, 6.07) is 5.87. The van der Waals surface area contributed by atoms with Crippen LogP contribution in [0, 0.1) is 12.8 Å². The zero-order valence-electron chi connectivity index (χ0n) is 14.1. The van der Waals surface area contributed by atoms with Crippen LogP contribution >= 0.6 is 0 Å². The predicted molar refractivity (Wildman–Crippen MR) is 89.3 cm³/mol. The molecule has 23 heavy (non-hydrogen) atoms. The summed E-state index contributed by atoms with van der Waals surface area (Å²) in [4.78, 5) is 37.1. The first-order valence-electron chi connectivity index (χ1n) is 8.41. The number of carbonyl (C=O) groups excluding carboxylic acids is 3. The van der Waals surface area contributed by atoms with Gasteiger partial charge in [-0.05, 0) is 36.5 Å². The van der Waals surface area contributed by atoms with Gasteiger partial charge in [-0.25, -0.2) is 0 Å². The molecule has 1 aliphatic carbocycles. The molecule has 4 nitrogen and oxygen atoms in total. The van der Waals surface area contributed by atoms with Crippen LogP contribution in [0.2, 0.25) is 0 Å². The molecule has 0 spiro atoms. The van der Waals surface area contributed by atoms with Crippen LogP contribution in [-0.2, 0) is 20.8 Å². The quantitative estimate of drug-likeness (QED) is 0.821. The molecule has 0 aliphatic heterocycles. The molecule has 2 unspecified atom stereocenters. The highest BCUT2D eigenvalue weighted by atomic mass is 16.2.